The number of benzene rings is 1. The molecule has 2 amide bonds. The number of nitrogens with one attached hydrogen (secondary N) is 3. The predicted octanol–water partition coefficient (Wildman–Crippen LogP) is 3.87. The number of aryl methyl sites for hydroxylation is 2. The van der Waals surface area contributed by atoms with Gasteiger partial charge in [0.15, 0.2) is 16.1 Å². The number of hydrogen-bond donors (Lipinski definition) is 3. The Morgan fingerprint density at radius 2 is 1.90 bits per heavy atom. The van der Waals surface area contributed by atoms with Crippen molar-refractivity contribution in [2.24, 2.45) is 0 Å². The van der Waals surface area contributed by atoms with Crippen LogP contribution in [0.4, 0.5) is 9.93 Å². The van der Waals surface area contributed by atoms with Crippen molar-refractivity contribution in [2.75, 3.05) is 24.6 Å². The van der Waals surface area contributed by atoms with Gasteiger partial charge in [0.25, 0.3) is 5.91 Å². The van der Waals surface area contributed by atoms with Crippen molar-refractivity contribution >= 4 is 46.0 Å². The largest absolute Gasteiger partial charge is 0.462 e. The number of imidazole rings is 1. The van der Waals surface area contributed by atoms with Crippen LogP contribution in [0.1, 0.15) is 57.5 Å². The van der Waals surface area contributed by atoms with Gasteiger partial charge in [-0.25, -0.2) is 19.6 Å². The number of halogens is 1. The van der Waals surface area contributed by atoms with Gasteiger partial charge < -0.3 is 30.0 Å². The Balaban J connectivity index is 1.49. The quantitative estimate of drug-likeness (QED) is 0.327. The molecule has 0 bridgehead atoms. The highest BCUT2D eigenvalue weighted by atomic mass is 35.5. The van der Waals surface area contributed by atoms with E-state index in [-0.39, 0.29) is 24.2 Å². The van der Waals surface area contributed by atoms with Gasteiger partial charge in [-0.15, -0.1) is 0 Å². The molecule has 0 aliphatic carbocycles. The third-order valence-electron chi connectivity index (χ3n) is 6.26. The van der Waals surface area contributed by atoms with E-state index in [1.807, 2.05) is 42.2 Å². The fourth-order valence-corrected chi connectivity index (χ4v) is 5.49. The average Bonchev–Trinajstić information content (AvgIpc) is 3.51. The van der Waals surface area contributed by atoms with Crippen molar-refractivity contribution in [1.29, 1.82) is 0 Å². The maximum absolute atomic E-state index is 13.0. The Kier molecular flexibility index (Phi) is 9.41. The molecule has 1 aliphatic rings. The first-order chi connectivity index (χ1) is 18.8. The molecule has 0 saturated carbocycles. The number of nitrogens with zero attached hydrogens (tertiary/aromatic N) is 3. The number of anilines is 1. The first-order valence-corrected chi connectivity index (χ1v) is 13.9. The molecule has 4 rings (SSSR count). The van der Waals surface area contributed by atoms with Gasteiger partial charge in [0.05, 0.1) is 30.1 Å². The minimum absolute atomic E-state index is 0.110. The molecule has 0 unspecified atom stereocenters. The molecule has 1 fully saturated rings. The second-order valence-electron chi connectivity index (χ2n) is 8.97. The molecule has 1 saturated heterocycles. The Hall–Kier alpha value is -3.64. The maximum atomic E-state index is 13.0. The van der Waals surface area contributed by atoms with E-state index in [1.54, 1.807) is 13.8 Å². The summed E-state index contributed by atoms with van der Waals surface area (Å²) in [5.41, 5.74) is 2.11. The highest BCUT2D eigenvalue weighted by Crippen LogP contribution is 2.29. The van der Waals surface area contributed by atoms with Crippen LogP contribution < -0.4 is 15.5 Å². The van der Waals surface area contributed by atoms with Crippen LogP contribution in [0.3, 0.4) is 0 Å². The number of aromatic amines is 1. The number of alkyl carbamates (subject to hydrolysis) is 1. The Morgan fingerprint density at radius 1 is 1.13 bits per heavy atom. The van der Waals surface area contributed by atoms with E-state index in [0.717, 1.165) is 5.56 Å². The molecule has 2 aromatic heterocycles. The van der Waals surface area contributed by atoms with Crippen LogP contribution in [0.2, 0.25) is 5.15 Å². The summed E-state index contributed by atoms with van der Waals surface area (Å²) in [5, 5.41) is 6.76. The average molecular weight is 575 g/mol. The van der Waals surface area contributed by atoms with Gasteiger partial charge >= 0.3 is 12.1 Å². The maximum Gasteiger partial charge on any atom is 0.407 e. The molecule has 1 aliphatic heterocycles. The molecule has 3 heterocycles. The molecule has 39 heavy (non-hydrogen) atoms. The lowest BCUT2D eigenvalue weighted by molar-refractivity contribution is 0.0530. The molecular weight excluding hydrogens is 544 g/mol. The van der Waals surface area contributed by atoms with Crippen LogP contribution in [-0.4, -0.2) is 64.7 Å². The normalized spacial score (nSPS) is 17.0. The van der Waals surface area contributed by atoms with Gasteiger partial charge in [-0.3, -0.25) is 4.79 Å². The van der Waals surface area contributed by atoms with E-state index >= 15 is 0 Å². The highest BCUT2D eigenvalue weighted by molar-refractivity contribution is 7.17. The minimum Gasteiger partial charge on any atom is -0.462 e. The molecule has 0 spiro atoms. The second kappa shape index (κ2) is 12.9. The summed E-state index contributed by atoms with van der Waals surface area (Å²) >= 11 is 7.36. The van der Waals surface area contributed by atoms with E-state index in [4.69, 9.17) is 21.1 Å². The number of carbonyl (C=O) groups is 3. The van der Waals surface area contributed by atoms with Crippen molar-refractivity contribution in [2.45, 2.75) is 52.3 Å². The lowest BCUT2D eigenvalue weighted by Crippen LogP contribution is -2.60. The molecule has 13 heteroatoms. The van der Waals surface area contributed by atoms with E-state index in [0.29, 0.717) is 47.3 Å². The Bertz CT molecular complexity index is 1310. The zero-order valence-corrected chi connectivity index (χ0v) is 23.5. The van der Waals surface area contributed by atoms with Gasteiger partial charge in [0.2, 0.25) is 0 Å². The molecule has 2 atom stereocenters. The van der Waals surface area contributed by atoms with Gasteiger partial charge in [-0.05, 0) is 32.3 Å². The van der Waals surface area contributed by atoms with Gasteiger partial charge in [0.1, 0.15) is 11.5 Å². The molecule has 0 radical (unpaired) electrons. The summed E-state index contributed by atoms with van der Waals surface area (Å²) in [6, 6.07) is 8.42. The predicted molar refractivity (Wildman–Crippen MR) is 147 cm³/mol. The third-order valence-corrected chi connectivity index (χ3v) is 7.77. The molecular formula is C26H31ClN6O5S. The lowest BCUT2D eigenvalue weighted by atomic mass is 9.99. The van der Waals surface area contributed by atoms with Gasteiger partial charge in [-0.1, -0.05) is 60.2 Å². The van der Waals surface area contributed by atoms with Crippen LogP contribution in [0.5, 0.6) is 0 Å². The standard InChI is InChI=1S/C26H31ClN6O5S/c1-4-17-21(27)32-22(29-17)23(34)30-18-11-12-33(25-28-15(3)20(39-25)24(35)37-5-2)13-19(18)31-26(36)38-14-16-9-7-6-8-10-16/h6-10,18-19H,4-5,11-14H2,1-3H3,(H,29,32)(H,30,34)(H,31,36)/t18-,19-/m1/s1. The monoisotopic (exact) mass is 574 g/mol. The van der Waals surface area contributed by atoms with E-state index in [1.165, 1.54) is 11.3 Å². The summed E-state index contributed by atoms with van der Waals surface area (Å²) in [5.74, 6) is -0.725. The summed E-state index contributed by atoms with van der Waals surface area (Å²) in [6.07, 6.45) is 0.495. The van der Waals surface area contributed by atoms with E-state index in [9.17, 15) is 14.4 Å². The van der Waals surface area contributed by atoms with Crippen molar-refractivity contribution in [3.05, 3.63) is 63.1 Å². The van der Waals surface area contributed by atoms with Gasteiger partial charge in [0, 0.05) is 13.1 Å². The fourth-order valence-electron chi connectivity index (χ4n) is 4.23. The zero-order chi connectivity index (χ0) is 27.9. The number of ether oxygens (including phenoxy) is 2. The van der Waals surface area contributed by atoms with E-state index < -0.39 is 30.1 Å². The Morgan fingerprint density at radius 3 is 2.59 bits per heavy atom. The molecule has 3 N–H and O–H groups in total. The number of esters is 1. The zero-order valence-electron chi connectivity index (χ0n) is 22.0. The van der Waals surface area contributed by atoms with E-state index in [2.05, 4.69) is 25.6 Å². The van der Waals surface area contributed by atoms with Crippen LogP contribution >= 0.6 is 22.9 Å². The second-order valence-corrected chi connectivity index (χ2v) is 10.3. The first kappa shape index (κ1) is 28.4. The molecule has 1 aromatic carbocycles. The van der Waals surface area contributed by atoms with Crippen LogP contribution in [-0.2, 0) is 22.5 Å². The summed E-state index contributed by atoms with van der Waals surface area (Å²) in [7, 11) is 0. The number of aromatic nitrogens is 3. The van der Waals surface area contributed by atoms with Crippen molar-refractivity contribution in [3.63, 3.8) is 0 Å². The number of H-pyrrole nitrogens is 1. The number of piperidine rings is 1. The fraction of sp³-hybridized carbons (Fsp3) is 0.423. The Labute approximate surface area is 235 Å². The SMILES string of the molecule is CCOC(=O)c1sc(N2CC[C@@H](NC(=O)c3nc(Cl)c(CC)[nH]3)[C@H](NC(=O)OCc3ccccc3)C2)nc1C. The molecule has 208 valence electrons. The molecule has 3 aromatic rings. The smallest absolute Gasteiger partial charge is 0.407 e. The summed E-state index contributed by atoms with van der Waals surface area (Å²) in [6.45, 7) is 6.67. The lowest BCUT2D eigenvalue weighted by Gasteiger charge is -2.38. The van der Waals surface area contributed by atoms with Crippen molar-refractivity contribution in [1.82, 2.24) is 25.6 Å². The topological polar surface area (TPSA) is 139 Å². The minimum atomic E-state index is -0.609. The first-order valence-electron chi connectivity index (χ1n) is 12.7. The number of hydrogen-bond acceptors (Lipinski definition) is 9. The number of thiazole rings is 1. The van der Waals surface area contributed by atoms with Crippen molar-refractivity contribution in [3.8, 4) is 0 Å². The van der Waals surface area contributed by atoms with Crippen molar-refractivity contribution < 1.29 is 23.9 Å². The molecule has 11 nitrogen and oxygen atoms in total. The highest BCUT2D eigenvalue weighted by Gasteiger charge is 2.34. The number of amides is 2. The van der Waals surface area contributed by atoms with Gasteiger partial charge in [-0.2, -0.15) is 0 Å². The van der Waals surface area contributed by atoms with Crippen LogP contribution in [0.25, 0.3) is 0 Å². The summed E-state index contributed by atoms with van der Waals surface area (Å²) in [4.78, 5) is 52.1. The van der Waals surface area contributed by atoms with Crippen LogP contribution in [0.15, 0.2) is 30.3 Å². The third kappa shape index (κ3) is 7.07. The summed E-state index contributed by atoms with van der Waals surface area (Å²) < 4.78 is 10.6. The number of carbonyl (C=O) groups excluding carboxylic acids is 3. The van der Waals surface area contributed by atoms with Crippen LogP contribution in [0, 0.1) is 6.92 Å². The number of rotatable bonds is 9.